The van der Waals surface area contributed by atoms with Gasteiger partial charge in [0.15, 0.2) is 5.16 Å². The van der Waals surface area contributed by atoms with Crippen LogP contribution in [0.3, 0.4) is 0 Å². The fourth-order valence-electron chi connectivity index (χ4n) is 3.64. The number of halogens is 3. The first-order chi connectivity index (χ1) is 14.7. The van der Waals surface area contributed by atoms with Gasteiger partial charge in [0.25, 0.3) is 0 Å². The molecule has 8 heteroatoms. The van der Waals surface area contributed by atoms with Crippen molar-refractivity contribution < 1.29 is 13.2 Å². The molecule has 0 aliphatic rings. The Labute approximate surface area is 188 Å². The molecule has 0 saturated carbocycles. The molecule has 4 aromatic rings. The fraction of sp³-hybridized carbons (Fsp3) is 0.348. The monoisotopic (exact) mass is 463 g/mol. The quantitative estimate of drug-likeness (QED) is 0.207. The van der Waals surface area contributed by atoms with Gasteiger partial charge >= 0.3 is 6.18 Å². The van der Waals surface area contributed by atoms with E-state index >= 15 is 0 Å². The SMILES string of the molecule is Cc1ccc2c(c1)nc(SN(CCCCC(F)(F)F)c1sc3ccccc3c1C)n2C. The van der Waals surface area contributed by atoms with E-state index in [2.05, 4.69) is 41.6 Å². The molecular formula is C23H24F3N3S2. The van der Waals surface area contributed by atoms with Crippen LogP contribution >= 0.6 is 23.3 Å². The molecule has 0 spiro atoms. The van der Waals surface area contributed by atoms with Crippen LogP contribution in [0, 0.1) is 13.8 Å². The van der Waals surface area contributed by atoms with Crippen LogP contribution in [0.4, 0.5) is 18.2 Å². The molecule has 164 valence electrons. The molecule has 3 nitrogen and oxygen atoms in total. The van der Waals surface area contributed by atoms with E-state index in [-0.39, 0.29) is 6.42 Å². The van der Waals surface area contributed by atoms with Crippen molar-refractivity contribution in [2.24, 2.45) is 7.05 Å². The minimum absolute atomic E-state index is 0.117. The molecule has 0 atom stereocenters. The maximum Gasteiger partial charge on any atom is 0.389 e. The Balaban J connectivity index is 1.65. The Hall–Kier alpha value is -2.19. The summed E-state index contributed by atoms with van der Waals surface area (Å²) in [6.07, 6.45) is -4.28. The summed E-state index contributed by atoms with van der Waals surface area (Å²) in [7, 11) is 1.98. The molecule has 0 bridgehead atoms. The van der Waals surface area contributed by atoms with E-state index in [0.29, 0.717) is 13.0 Å². The van der Waals surface area contributed by atoms with E-state index in [1.54, 1.807) is 11.3 Å². The Kier molecular flexibility index (Phi) is 6.21. The molecule has 0 amide bonds. The van der Waals surface area contributed by atoms with Crippen molar-refractivity contribution in [3.8, 4) is 0 Å². The molecule has 0 unspecified atom stereocenters. The van der Waals surface area contributed by atoms with Crippen molar-refractivity contribution in [3.05, 3.63) is 53.6 Å². The summed E-state index contributed by atoms with van der Waals surface area (Å²) in [5.41, 5.74) is 4.26. The van der Waals surface area contributed by atoms with Crippen LogP contribution in [-0.4, -0.2) is 22.3 Å². The Morgan fingerprint density at radius 2 is 1.87 bits per heavy atom. The van der Waals surface area contributed by atoms with Crippen LogP contribution < -0.4 is 4.31 Å². The standard InChI is InChI=1S/C23H24F3N3S2/c1-15-10-11-19-18(14-15)27-22(28(19)3)31-29(13-7-6-12-23(24,25)26)21-16(2)17-8-4-5-9-20(17)30-21/h4-5,8-11,14H,6-7,12-13H2,1-3H3. The largest absolute Gasteiger partial charge is 0.389 e. The van der Waals surface area contributed by atoms with Crippen LogP contribution in [-0.2, 0) is 7.05 Å². The number of aromatic nitrogens is 2. The lowest BCUT2D eigenvalue weighted by atomic mass is 10.2. The van der Waals surface area contributed by atoms with Crippen molar-refractivity contribution >= 4 is 49.4 Å². The molecule has 2 aromatic carbocycles. The Morgan fingerprint density at radius 3 is 2.61 bits per heavy atom. The zero-order valence-electron chi connectivity index (χ0n) is 17.7. The molecule has 0 aliphatic carbocycles. The topological polar surface area (TPSA) is 21.1 Å². The molecular weight excluding hydrogens is 439 g/mol. The van der Waals surface area contributed by atoms with Gasteiger partial charge in [0, 0.05) is 36.7 Å². The fourth-order valence-corrected chi connectivity index (χ4v) is 6.00. The number of hydrogen-bond acceptors (Lipinski definition) is 4. The van der Waals surface area contributed by atoms with Gasteiger partial charge in [0.2, 0.25) is 0 Å². The minimum atomic E-state index is -4.11. The molecule has 0 fully saturated rings. The van der Waals surface area contributed by atoms with Gasteiger partial charge in [-0.3, -0.25) is 0 Å². The minimum Gasteiger partial charge on any atom is -0.321 e. The second kappa shape index (κ2) is 8.74. The van der Waals surface area contributed by atoms with Gasteiger partial charge < -0.3 is 8.87 Å². The third-order valence-electron chi connectivity index (χ3n) is 5.30. The second-order valence-electron chi connectivity index (χ2n) is 7.74. The highest BCUT2D eigenvalue weighted by molar-refractivity contribution is 8.00. The zero-order chi connectivity index (χ0) is 22.2. The van der Waals surface area contributed by atoms with E-state index in [1.165, 1.54) is 22.0 Å². The smallest absolute Gasteiger partial charge is 0.321 e. The van der Waals surface area contributed by atoms with Crippen molar-refractivity contribution in [1.82, 2.24) is 9.55 Å². The predicted octanol–water partition coefficient (Wildman–Crippen LogP) is 7.65. The highest BCUT2D eigenvalue weighted by Gasteiger charge is 2.26. The van der Waals surface area contributed by atoms with E-state index < -0.39 is 12.6 Å². The number of alkyl halides is 3. The lowest BCUT2D eigenvalue weighted by Crippen LogP contribution is -2.17. The number of aryl methyl sites for hydroxylation is 3. The van der Waals surface area contributed by atoms with Crippen LogP contribution in [0.25, 0.3) is 21.1 Å². The first-order valence-corrected chi connectivity index (χ1v) is 11.8. The van der Waals surface area contributed by atoms with E-state index in [0.717, 1.165) is 32.3 Å². The summed E-state index contributed by atoms with van der Waals surface area (Å²) in [5, 5.41) is 3.08. The number of fused-ring (bicyclic) bond motifs is 2. The number of imidazole rings is 1. The van der Waals surface area contributed by atoms with Gasteiger partial charge in [-0.2, -0.15) is 13.2 Å². The average Bonchev–Trinajstić information content (AvgIpc) is 3.20. The highest BCUT2D eigenvalue weighted by atomic mass is 32.2. The first kappa shape index (κ1) is 22.0. The van der Waals surface area contributed by atoms with Gasteiger partial charge in [-0.05, 0) is 61.4 Å². The number of benzene rings is 2. The molecule has 0 N–H and O–H groups in total. The molecule has 0 radical (unpaired) electrons. The number of thiophene rings is 1. The van der Waals surface area contributed by atoms with Crippen molar-refractivity contribution in [1.29, 1.82) is 0 Å². The normalized spacial score (nSPS) is 12.2. The maximum absolute atomic E-state index is 12.6. The van der Waals surface area contributed by atoms with Crippen molar-refractivity contribution in [3.63, 3.8) is 0 Å². The molecule has 2 heterocycles. The van der Waals surface area contributed by atoms with Crippen molar-refractivity contribution in [2.75, 3.05) is 10.8 Å². The van der Waals surface area contributed by atoms with Crippen molar-refractivity contribution in [2.45, 2.75) is 44.4 Å². The van der Waals surface area contributed by atoms with Crippen LogP contribution in [0.1, 0.15) is 30.4 Å². The maximum atomic E-state index is 12.6. The average molecular weight is 464 g/mol. The summed E-state index contributed by atoms with van der Waals surface area (Å²) < 4.78 is 43.2. The lowest BCUT2D eigenvalue weighted by molar-refractivity contribution is -0.135. The number of anilines is 1. The molecule has 2 aromatic heterocycles. The summed E-state index contributed by atoms with van der Waals surface area (Å²) in [6, 6.07) is 14.4. The summed E-state index contributed by atoms with van der Waals surface area (Å²) in [6.45, 7) is 4.64. The van der Waals surface area contributed by atoms with E-state index in [1.807, 2.05) is 30.7 Å². The predicted molar refractivity (Wildman–Crippen MR) is 125 cm³/mol. The first-order valence-electron chi connectivity index (χ1n) is 10.2. The summed E-state index contributed by atoms with van der Waals surface area (Å²) in [4.78, 5) is 4.80. The third-order valence-corrected chi connectivity index (χ3v) is 7.83. The molecule has 0 aliphatic heterocycles. The lowest BCUT2D eigenvalue weighted by Gasteiger charge is -2.22. The molecule has 0 saturated heterocycles. The van der Waals surface area contributed by atoms with Gasteiger partial charge in [-0.1, -0.05) is 24.3 Å². The Morgan fingerprint density at radius 1 is 1.10 bits per heavy atom. The zero-order valence-corrected chi connectivity index (χ0v) is 19.3. The number of rotatable bonds is 7. The number of nitrogens with zero attached hydrogens (tertiary/aromatic N) is 3. The van der Waals surface area contributed by atoms with Crippen LogP contribution in [0.15, 0.2) is 47.6 Å². The summed E-state index contributed by atoms with van der Waals surface area (Å²) in [5.74, 6) is 0. The van der Waals surface area contributed by atoms with Crippen LogP contribution in [0.2, 0.25) is 0 Å². The van der Waals surface area contributed by atoms with E-state index in [4.69, 9.17) is 4.98 Å². The summed E-state index contributed by atoms with van der Waals surface area (Å²) >= 11 is 3.18. The third kappa shape index (κ3) is 4.85. The molecule has 31 heavy (non-hydrogen) atoms. The molecule has 4 rings (SSSR count). The Bertz CT molecular complexity index is 1210. The number of hydrogen-bond donors (Lipinski definition) is 0. The highest BCUT2D eigenvalue weighted by Crippen LogP contribution is 2.42. The van der Waals surface area contributed by atoms with Gasteiger partial charge in [-0.15, -0.1) is 11.3 Å². The number of unbranched alkanes of at least 4 members (excludes halogenated alkanes) is 1. The van der Waals surface area contributed by atoms with Gasteiger partial charge in [-0.25, -0.2) is 4.98 Å². The second-order valence-corrected chi connectivity index (χ2v) is 9.76. The van der Waals surface area contributed by atoms with Gasteiger partial charge in [0.05, 0.1) is 11.0 Å². The van der Waals surface area contributed by atoms with Crippen LogP contribution in [0.5, 0.6) is 0 Å². The van der Waals surface area contributed by atoms with Gasteiger partial charge in [0.1, 0.15) is 5.00 Å². The van der Waals surface area contributed by atoms with E-state index in [9.17, 15) is 13.2 Å².